The van der Waals surface area contributed by atoms with Gasteiger partial charge < -0.3 is 0 Å². The summed E-state index contributed by atoms with van der Waals surface area (Å²) in [7, 11) is 1.71. The first-order valence-corrected chi connectivity index (χ1v) is 6.48. The maximum atomic E-state index is 11.8. The third kappa shape index (κ3) is 2.53. The molecule has 2 heterocycles. The second-order valence-corrected chi connectivity index (χ2v) is 5.15. The topological polar surface area (TPSA) is 85.6 Å². The Kier molecular flexibility index (Phi) is 2.78. The summed E-state index contributed by atoms with van der Waals surface area (Å²) in [5.41, 5.74) is 0.274. The van der Waals surface area contributed by atoms with E-state index < -0.39 is 0 Å². The van der Waals surface area contributed by atoms with Crippen molar-refractivity contribution < 1.29 is 4.79 Å². The number of hydrogen-bond donors (Lipinski definition) is 1. The average molecular weight is 264 g/mol. The standard InChI is InChI=1S/C10H12N6OS/c1-16-5-7(13-15-16)9(17)12-10-11-8(14-18-10)4-6-2-3-6/h5-6H,2-4H2,1H3,(H,11,12,14,17). The van der Waals surface area contributed by atoms with Crippen molar-refractivity contribution in [1.82, 2.24) is 24.4 Å². The van der Waals surface area contributed by atoms with E-state index in [1.165, 1.54) is 29.1 Å². The lowest BCUT2D eigenvalue weighted by Crippen LogP contribution is -2.12. The molecule has 1 amide bonds. The summed E-state index contributed by atoms with van der Waals surface area (Å²) in [5, 5.41) is 10.6. The van der Waals surface area contributed by atoms with Crippen LogP contribution in [0, 0.1) is 5.92 Å². The number of amides is 1. The van der Waals surface area contributed by atoms with Gasteiger partial charge in [0.05, 0.1) is 6.20 Å². The van der Waals surface area contributed by atoms with Gasteiger partial charge in [0.1, 0.15) is 5.82 Å². The molecule has 94 valence electrons. The number of rotatable bonds is 4. The molecule has 0 atom stereocenters. The molecule has 7 nitrogen and oxygen atoms in total. The van der Waals surface area contributed by atoms with Gasteiger partial charge in [-0.25, -0.2) is 4.98 Å². The molecule has 0 spiro atoms. The summed E-state index contributed by atoms with van der Waals surface area (Å²) in [5.74, 6) is 1.25. The monoisotopic (exact) mass is 264 g/mol. The van der Waals surface area contributed by atoms with Crippen molar-refractivity contribution in [1.29, 1.82) is 0 Å². The lowest BCUT2D eigenvalue weighted by molar-refractivity contribution is 0.102. The van der Waals surface area contributed by atoms with Crippen LogP contribution in [0.15, 0.2) is 6.20 Å². The van der Waals surface area contributed by atoms with Crippen LogP contribution < -0.4 is 5.32 Å². The Morgan fingerprint density at radius 3 is 3.11 bits per heavy atom. The van der Waals surface area contributed by atoms with Crippen LogP contribution >= 0.6 is 11.5 Å². The number of aryl methyl sites for hydroxylation is 1. The fourth-order valence-electron chi connectivity index (χ4n) is 1.58. The van der Waals surface area contributed by atoms with Crippen molar-refractivity contribution in [2.75, 3.05) is 5.32 Å². The summed E-state index contributed by atoms with van der Waals surface area (Å²) in [6, 6.07) is 0. The largest absolute Gasteiger partial charge is 0.295 e. The van der Waals surface area contributed by atoms with Gasteiger partial charge in [0.25, 0.3) is 5.91 Å². The number of nitrogens with one attached hydrogen (secondary N) is 1. The van der Waals surface area contributed by atoms with E-state index in [0.29, 0.717) is 5.13 Å². The van der Waals surface area contributed by atoms with Gasteiger partial charge in [0.15, 0.2) is 5.69 Å². The van der Waals surface area contributed by atoms with Crippen molar-refractivity contribution in [2.24, 2.45) is 13.0 Å². The summed E-state index contributed by atoms with van der Waals surface area (Å²) in [6.07, 6.45) is 5.00. The molecule has 0 aromatic carbocycles. The van der Waals surface area contributed by atoms with Gasteiger partial charge >= 0.3 is 0 Å². The molecule has 2 aromatic rings. The molecule has 0 bridgehead atoms. The summed E-state index contributed by atoms with van der Waals surface area (Å²) in [6.45, 7) is 0. The van der Waals surface area contributed by atoms with Gasteiger partial charge in [-0.3, -0.25) is 14.8 Å². The van der Waals surface area contributed by atoms with Gasteiger partial charge in [-0.2, -0.15) is 4.37 Å². The highest BCUT2D eigenvalue weighted by atomic mass is 32.1. The summed E-state index contributed by atoms with van der Waals surface area (Å²) in [4.78, 5) is 16.1. The van der Waals surface area contributed by atoms with Crippen molar-refractivity contribution in [3.63, 3.8) is 0 Å². The normalized spacial score (nSPS) is 14.7. The zero-order valence-electron chi connectivity index (χ0n) is 9.83. The second kappa shape index (κ2) is 4.45. The minimum Gasteiger partial charge on any atom is -0.295 e. The number of carbonyl (C=O) groups excluding carboxylic acids is 1. The molecule has 8 heteroatoms. The molecule has 1 fully saturated rings. The quantitative estimate of drug-likeness (QED) is 0.885. The highest BCUT2D eigenvalue weighted by Crippen LogP contribution is 2.32. The maximum absolute atomic E-state index is 11.8. The van der Waals surface area contributed by atoms with Crippen molar-refractivity contribution in [3.8, 4) is 0 Å². The minimum atomic E-state index is -0.308. The van der Waals surface area contributed by atoms with E-state index in [0.717, 1.165) is 18.2 Å². The molecule has 2 aromatic heterocycles. The van der Waals surface area contributed by atoms with Gasteiger partial charge in [-0.1, -0.05) is 5.21 Å². The van der Waals surface area contributed by atoms with E-state index in [4.69, 9.17) is 0 Å². The third-order valence-electron chi connectivity index (χ3n) is 2.69. The Morgan fingerprint density at radius 2 is 2.44 bits per heavy atom. The molecule has 1 aliphatic rings. The van der Waals surface area contributed by atoms with Gasteiger partial charge in [0, 0.05) is 25.0 Å². The van der Waals surface area contributed by atoms with Crippen LogP contribution in [0.5, 0.6) is 0 Å². The van der Waals surface area contributed by atoms with Crippen LogP contribution in [0.3, 0.4) is 0 Å². The van der Waals surface area contributed by atoms with Crippen molar-refractivity contribution in [3.05, 3.63) is 17.7 Å². The lowest BCUT2D eigenvalue weighted by Gasteiger charge is -1.95. The molecule has 0 radical (unpaired) electrons. The van der Waals surface area contributed by atoms with E-state index in [1.807, 2.05) is 0 Å². The van der Waals surface area contributed by atoms with Crippen LogP contribution in [0.1, 0.15) is 29.2 Å². The van der Waals surface area contributed by atoms with Crippen LogP contribution in [-0.4, -0.2) is 30.3 Å². The molecule has 0 aliphatic heterocycles. The number of nitrogens with zero attached hydrogens (tertiary/aromatic N) is 5. The molecule has 3 rings (SSSR count). The molecular weight excluding hydrogens is 252 g/mol. The van der Waals surface area contributed by atoms with Crippen molar-refractivity contribution in [2.45, 2.75) is 19.3 Å². The SMILES string of the molecule is Cn1cc(C(=O)Nc2nc(CC3CC3)ns2)nn1. The smallest absolute Gasteiger partial charge is 0.279 e. The van der Waals surface area contributed by atoms with Gasteiger partial charge in [-0.15, -0.1) is 5.10 Å². The predicted molar refractivity (Wildman–Crippen MR) is 65.3 cm³/mol. The van der Waals surface area contributed by atoms with Crippen molar-refractivity contribution >= 4 is 22.6 Å². The molecular formula is C10H12N6OS. The first kappa shape index (κ1) is 11.3. The lowest BCUT2D eigenvalue weighted by atomic mass is 10.3. The Morgan fingerprint density at radius 1 is 1.61 bits per heavy atom. The van der Waals surface area contributed by atoms with E-state index in [1.54, 1.807) is 13.2 Å². The minimum absolute atomic E-state index is 0.274. The van der Waals surface area contributed by atoms with Crippen LogP contribution in [0.2, 0.25) is 0 Å². The average Bonchev–Trinajstić information content (AvgIpc) is 2.85. The van der Waals surface area contributed by atoms with Gasteiger partial charge in [-0.05, 0) is 18.8 Å². The van der Waals surface area contributed by atoms with Crippen LogP contribution in [0.25, 0.3) is 0 Å². The molecule has 0 saturated heterocycles. The fourth-order valence-corrected chi connectivity index (χ4v) is 2.17. The van der Waals surface area contributed by atoms with E-state index in [9.17, 15) is 4.79 Å². The molecule has 1 aliphatic carbocycles. The number of hydrogen-bond acceptors (Lipinski definition) is 6. The van der Waals surface area contributed by atoms with Crippen LogP contribution in [-0.2, 0) is 13.5 Å². The number of anilines is 1. The molecule has 1 N–H and O–H groups in total. The Balaban J connectivity index is 1.64. The molecule has 1 saturated carbocycles. The van der Waals surface area contributed by atoms with E-state index >= 15 is 0 Å². The predicted octanol–water partition coefficient (Wildman–Crippen LogP) is 0.871. The Bertz CT molecular complexity index is 572. The Hall–Kier alpha value is -1.83. The highest BCUT2D eigenvalue weighted by Gasteiger charge is 2.23. The first-order chi connectivity index (χ1) is 8.70. The van der Waals surface area contributed by atoms with E-state index in [2.05, 4.69) is 25.0 Å². The first-order valence-electron chi connectivity index (χ1n) is 5.71. The van der Waals surface area contributed by atoms with E-state index in [-0.39, 0.29) is 11.6 Å². The third-order valence-corrected chi connectivity index (χ3v) is 3.36. The van der Waals surface area contributed by atoms with Gasteiger partial charge in [0.2, 0.25) is 5.13 Å². The summed E-state index contributed by atoms with van der Waals surface area (Å²) < 4.78 is 5.70. The summed E-state index contributed by atoms with van der Waals surface area (Å²) >= 11 is 1.20. The molecule has 0 unspecified atom stereocenters. The maximum Gasteiger partial charge on any atom is 0.279 e. The second-order valence-electron chi connectivity index (χ2n) is 4.39. The number of aromatic nitrogens is 5. The van der Waals surface area contributed by atoms with Crippen LogP contribution in [0.4, 0.5) is 5.13 Å². The Labute approximate surface area is 107 Å². The zero-order valence-corrected chi connectivity index (χ0v) is 10.6. The number of carbonyl (C=O) groups is 1. The zero-order chi connectivity index (χ0) is 12.5. The fraction of sp³-hybridized carbons (Fsp3) is 0.500. The molecule has 18 heavy (non-hydrogen) atoms. The highest BCUT2D eigenvalue weighted by molar-refractivity contribution is 7.09.